The number of aromatic nitrogens is 4. The molecule has 4 heterocycles. The van der Waals surface area contributed by atoms with Gasteiger partial charge < -0.3 is 4.90 Å². The topological polar surface area (TPSA) is 87.9 Å². The third-order valence-corrected chi connectivity index (χ3v) is 3.83. The fourth-order valence-electron chi connectivity index (χ4n) is 2.81. The fraction of sp³-hybridized carbons (Fsp3) is 0.286. The van der Waals surface area contributed by atoms with Gasteiger partial charge in [-0.15, -0.1) is 0 Å². The molecule has 1 aliphatic heterocycles. The lowest BCUT2D eigenvalue weighted by Gasteiger charge is -2.18. The molecule has 0 amide bonds. The summed E-state index contributed by atoms with van der Waals surface area (Å²) in [5.74, 6) is 1.13. The molecule has 21 heavy (non-hydrogen) atoms. The molecule has 0 radical (unpaired) electrons. The second-order valence-electron chi connectivity index (χ2n) is 5.12. The van der Waals surface area contributed by atoms with E-state index in [9.17, 15) is 4.79 Å². The van der Waals surface area contributed by atoms with Crippen LogP contribution in [0.5, 0.6) is 0 Å². The summed E-state index contributed by atoms with van der Waals surface area (Å²) in [4.78, 5) is 24.8. The van der Waals surface area contributed by atoms with Crippen molar-refractivity contribution in [3.8, 4) is 0 Å². The van der Waals surface area contributed by atoms with Crippen LogP contribution in [0.4, 0.5) is 5.82 Å². The SMILES string of the molecule is O=c1[nH]c(C2CCN(c3nccc4cccnc34)C2)no1. The van der Waals surface area contributed by atoms with Crippen LogP contribution in [-0.4, -0.2) is 33.2 Å². The summed E-state index contributed by atoms with van der Waals surface area (Å²) in [5.41, 5.74) is 0.897. The highest BCUT2D eigenvalue weighted by molar-refractivity contribution is 5.88. The second-order valence-corrected chi connectivity index (χ2v) is 5.12. The van der Waals surface area contributed by atoms with Crippen LogP contribution in [0.2, 0.25) is 0 Å². The molecule has 7 heteroatoms. The number of aromatic amines is 1. The fourth-order valence-corrected chi connectivity index (χ4v) is 2.81. The number of pyridine rings is 2. The van der Waals surface area contributed by atoms with E-state index >= 15 is 0 Å². The van der Waals surface area contributed by atoms with Crippen LogP contribution in [-0.2, 0) is 0 Å². The zero-order valence-corrected chi connectivity index (χ0v) is 11.2. The van der Waals surface area contributed by atoms with Crippen LogP contribution in [0, 0.1) is 0 Å². The lowest BCUT2D eigenvalue weighted by Crippen LogP contribution is -2.21. The maximum absolute atomic E-state index is 11.1. The predicted octanol–water partition coefficient (Wildman–Crippen LogP) is 1.30. The summed E-state index contributed by atoms with van der Waals surface area (Å²) < 4.78 is 4.58. The van der Waals surface area contributed by atoms with E-state index in [1.807, 2.05) is 18.2 Å². The number of nitrogens with one attached hydrogen (secondary N) is 1. The van der Waals surface area contributed by atoms with E-state index < -0.39 is 5.76 Å². The van der Waals surface area contributed by atoms with Crippen LogP contribution in [0.3, 0.4) is 0 Å². The Hall–Kier alpha value is -2.70. The van der Waals surface area contributed by atoms with Crippen molar-refractivity contribution in [2.24, 2.45) is 0 Å². The summed E-state index contributed by atoms with van der Waals surface area (Å²) in [6.07, 6.45) is 4.47. The van der Waals surface area contributed by atoms with Crippen molar-refractivity contribution in [3.63, 3.8) is 0 Å². The molecule has 3 aromatic heterocycles. The lowest BCUT2D eigenvalue weighted by molar-refractivity contribution is 0.378. The van der Waals surface area contributed by atoms with Gasteiger partial charge in [-0.25, -0.2) is 9.78 Å². The van der Waals surface area contributed by atoms with Gasteiger partial charge in [0.25, 0.3) is 0 Å². The van der Waals surface area contributed by atoms with Gasteiger partial charge in [-0.05, 0) is 18.6 Å². The third-order valence-electron chi connectivity index (χ3n) is 3.83. The Labute approximate surface area is 119 Å². The van der Waals surface area contributed by atoms with E-state index in [4.69, 9.17) is 0 Å². The van der Waals surface area contributed by atoms with Gasteiger partial charge >= 0.3 is 5.76 Å². The minimum absolute atomic E-state index is 0.150. The third kappa shape index (κ3) is 2.06. The van der Waals surface area contributed by atoms with Crippen molar-refractivity contribution < 1.29 is 4.52 Å². The number of anilines is 1. The number of hydrogen-bond acceptors (Lipinski definition) is 6. The van der Waals surface area contributed by atoms with E-state index in [1.54, 1.807) is 12.4 Å². The molecule has 1 atom stereocenters. The molecule has 0 aromatic carbocycles. The molecule has 1 N–H and O–H groups in total. The highest BCUT2D eigenvalue weighted by Gasteiger charge is 2.28. The van der Waals surface area contributed by atoms with E-state index in [2.05, 4.69) is 29.5 Å². The van der Waals surface area contributed by atoms with Gasteiger partial charge in [0.15, 0.2) is 11.6 Å². The molecule has 1 fully saturated rings. The summed E-state index contributed by atoms with van der Waals surface area (Å²) in [6, 6.07) is 5.89. The Kier molecular flexibility index (Phi) is 2.70. The molecule has 0 bridgehead atoms. The molecule has 1 aliphatic rings. The zero-order valence-electron chi connectivity index (χ0n) is 11.2. The van der Waals surface area contributed by atoms with Gasteiger partial charge in [-0.2, -0.15) is 0 Å². The Morgan fingerprint density at radius 2 is 2.24 bits per heavy atom. The van der Waals surface area contributed by atoms with Crippen LogP contribution >= 0.6 is 0 Å². The van der Waals surface area contributed by atoms with Crippen molar-refractivity contribution in [3.05, 3.63) is 47.0 Å². The summed E-state index contributed by atoms with van der Waals surface area (Å²) in [6.45, 7) is 1.59. The monoisotopic (exact) mass is 283 g/mol. The smallest absolute Gasteiger partial charge is 0.354 e. The average molecular weight is 283 g/mol. The maximum Gasteiger partial charge on any atom is 0.438 e. The highest BCUT2D eigenvalue weighted by Crippen LogP contribution is 2.30. The summed E-state index contributed by atoms with van der Waals surface area (Å²) in [5, 5.41) is 4.85. The Balaban J connectivity index is 1.67. The number of H-pyrrole nitrogens is 1. The predicted molar refractivity (Wildman–Crippen MR) is 76.2 cm³/mol. The maximum atomic E-state index is 11.1. The molecule has 7 nitrogen and oxygen atoms in total. The van der Waals surface area contributed by atoms with Gasteiger partial charge in [-0.1, -0.05) is 11.2 Å². The number of nitrogens with zero attached hydrogens (tertiary/aromatic N) is 4. The molecule has 0 aliphatic carbocycles. The number of rotatable bonds is 2. The van der Waals surface area contributed by atoms with Crippen LogP contribution in [0.15, 0.2) is 39.9 Å². The molecule has 3 aromatic rings. The Morgan fingerprint density at radius 1 is 1.29 bits per heavy atom. The number of hydrogen-bond donors (Lipinski definition) is 1. The van der Waals surface area contributed by atoms with Crippen molar-refractivity contribution in [1.29, 1.82) is 0 Å². The van der Waals surface area contributed by atoms with Crippen LogP contribution in [0.1, 0.15) is 18.2 Å². The van der Waals surface area contributed by atoms with E-state index in [-0.39, 0.29) is 5.92 Å². The molecule has 1 unspecified atom stereocenters. The first-order chi connectivity index (χ1) is 10.3. The second kappa shape index (κ2) is 4.69. The van der Waals surface area contributed by atoms with Gasteiger partial charge in [0, 0.05) is 36.8 Å². The zero-order chi connectivity index (χ0) is 14.2. The minimum atomic E-state index is -0.506. The normalized spacial score (nSPS) is 18.5. The van der Waals surface area contributed by atoms with Gasteiger partial charge in [0.1, 0.15) is 5.52 Å². The van der Waals surface area contributed by atoms with Crippen molar-refractivity contribution in [2.45, 2.75) is 12.3 Å². The molecular weight excluding hydrogens is 270 g/mol. The van der Waals surface area contributed by atoms with Crippen LogP contribution < -0.4 is 10.7 Å². The average Bonchev–Trinajstić information content (AvgIpc) is 3.15. The summed E-state index contributed by atoms with van der Waals surface area (Å²) in [7, 11) is 0. The van der Waals surface area contributed by atoms with E-state index in [0.717, 1.165) is 36.2 Å². The van der Waals surface area contributed by atoms with Gasteiger partial charge in [0.2, 0.25) is 0 Å². The van der Waals surface area contributed by atoms with Crippen LogP contribution in [0.25, 0.3) is 10.9 Å². The van der Waals surface area contributed by atoms with Gasteiger partial charge in [-0.3, -0.25) is 14.5 Å². The van der Waals surface area contributed by atoms with Crippen molar-refractivity contribution in [2.75, 3.05) is 18.0 Å². The van der Waals surface area contributed by atoms with Crippen molar-refractivity contribution in [1.82, 2.24) is 20.1 Å². The molecule has 1 saturated heterocycles. The molecule has 4 rings (SSSR count). The number of fused-ring (bicyclic) bond motifs is 1. The first-order valence-electron chi connectivity index (χ1n) is 6.82. The van der Waals surface area contributed by atoms with Crippen molar-refractivity contribution >= 4 is 16.7 Å². The molecule has 0 spiro atoms. The van der Waals surface area contributed by atoms with Gasteiger partial charge in [0.05, 0.1) is 0 Å². The standard InChI is InChI=1S/C14H13N5O2/c20-14-17-12(18-21-14)10-4-7-19(8-10)13-11-9(3-6-16-13)2-1-5-15-11/h1-3,5-6,10H,4,7-8H2,(H,17,18,20). The first-order valence-corrected chi connectivity index (χ1v) is 6.82. The minimum Gasteiger partial charge on any atom is -0.354 e. The van der Waals surface area contributed by atoms with E-state index in [1.165, 1.54) is 0 Å². The van der Waals surface area contributed by atoms with E-state index in [0.29, 0.717) is 5.82 Å². The molecular formula is C14H13N5O2. The summed E-state index contributed by atoms with van der Waals surface area (Å²) >= 11 is 0. The molecule has 0 saturated carbocycles. The Bertz CT molecular complexity index is 835. The first kappa shape index (κ1) is 12.1. The lowest BCUT2D eigenvalue weighted by atomic mass is 10.1. The Morgan fingerprint density at radius 3 is 3.10 bits per heavy atom. The largest absolute Gasteiger partial charge is 0.438 e. The molecule has 106 valence electrons. The highest BCUT2D eigenvalue weighted by atomic mass is 16.5. The quantitative estimate of drug-likeness (QED) is 0.762.